The number of nitrogens with one attached hydrogen (secondary N) is 2. The molecule has 2 N–H and O–H groups in total. The standard InChI is InChI=1S/C18H15N3O3/c1-11(14-9-19-15-5-3-2-4-13(14)15)20-21-18(22)12-6-7-16-17(8-12)24-10-23-16/h2-9,19H,10H2,1H3,(H,21,22)/b20-11-. The van der Waals surface area contributed by atoms with E-state index >= 15 is 0 Å². The van der Waals surface area contributed by atoms with E-state index in [-0.39, 0.29) is 12.7 Å². The Morgan fingerprint density at radius 2 is 2.00 bits per heavy atom. The van der Waals surface area contributed by atoms with Crippen molar-refractivity contribution in [2.75, 3.05) is 6.79 Å². The van der Waals surface area contributed by atoms with Crippen molar-refractivity contribution >= 4 is 22.5 Å². The molecule has 1 aliphatic heterocycles. The molecule has 0 unspecified atom stereocenters. The van der Waals surface area contributed by atoms with Crippen LogP contribution in [-0.2, 0) is 0 Å². The van der Waals surface area contributed by atoms with E-state index in [4.69, 9.17) is 9.47 Å². The van der Waals surface area contributed by atoms with Crippen molar-refractivity contribution in [3.8, 4) is 11.5 Å². The lowest BCUT2D eigenvalue weighted by Gasteiger charge is -2.03. The highest BCUT2D eigenvalue weighted by Crippen LogP contribution is 2.32. The van der Waals surface area contributed by atoms with E-state index in [1.807, 2.05) is 37.4 Å². The lowest BCUT2D eigenvalue weighted by molar-refractivity contribution is 0.0954. The van der Waals surface area contributed by atoms with Crippen LogP contribution in [0.2, 0.25) is 0 Å². The van der Waals surface area contributed by atoms with E-state index in [2.05, 4.69) is 15.5 Å². The van der Waals surface area contributed by atoms with Crippen LogP contribution >= 0.6 is 0 Å². The molecule has 1 aromatic heterocycles. The summed E-state index contributed by atoms with van der Waals surface area (Å²) >= 11 is 0. The summed E-state index contributed by atoms with van der Waals surface area (Å²) < 4.78 is 10.5. The Hall–Kier alpha value is -3.28. The lowest BCUT2D eigenvalue weighted by Crippen LogP contribution is -2.19. The van der Waals surface area contributed by atoms with Crippen LogP contribution in [-0.4, -0.2) is 23.4 Å². The minimum atomic E-state index is -0.299. The molecule has 0 saturated carbocycles. The molecule has 4 rings (SSSR count). The molecule has 0 spiro atoms. The van der Waals surface area contributed by atoms with Crippen LogP contribution in [0.5, 0.6) is 11.5 Å². The van der Waals surface area contributed by atoms with Gasteiger partial charge in [0, 0.05) is 28.2 Å². The molecule has 24 heavy (non-hydrogen) atoms. The third kappa shape index (κ3) is 2.48. The topological polar surface area (TPSA) is 75.7 Å². The molecule has 2 aromatic carbocycles. The Balaban J connectivity index is 1.54. The van der Waals surface area contributed by atoms with Crippen molar-refractivity contribution < 1.29 is 14.3 Å². The number of hydrogen-bond donors (Lipinski definition) is 2. The molecule has 0 aliphatic carbocycles. The molecule has 6 heteroatoms. The maximum atomic E-state index is 12.3. The quantitative estimate of drug-likeness (QED) is 0.575. The first-order valence-electron chi connectivity index (χ1n) is 7.53. The van der Waals surface area contributed by atoms with Crippen LogP contribution in [0.1, 0.15) is 22.8 Å². The van der Waals surface area contributed by atoms with Crippen LogP contribution in [0.15, 0.2) is 53.8 Å². The Kier molecular flexibility index (Phi) is 3.42. The van der Waals surface area contributed by atoms with Gasteiger partial charge < -0.3 is 14.5 Å². The summed E-state index contributed by atoms with van der Waals surface area (Å²) in [5.74, 6) is 0.914. The molecule has 0 bridgehead atoms. The zero-order valence-electron chi connectivity index (χ0n) is 13.0. The molecule has 0 saturated heterocycles. The van der Waals surface area contributed by atoms with Gasteiger partial charge in [0.2, 0.25) is 6.79 Å². The zero-order valence-corrected chi connectivity index (χ0v) is 13.0. The average molecular weight is 321 g/mol. The van der Waals surface area contributed by atoms with E-state index in [1.54, 1.807) is 18.2 Å². The molecule has 0 atom stereocenters. The maximum absolute atomic E-state index is 12.3. The summed E-state index contributed by atoms with van der Waals surface area (Å²) in [7, 11) is 0. The van der Waals surface area contributed by atoms with Crippen LogP contribution in [0, 0.1) is 0 Å². The van der Waals surface area contributed by atoms with Gasteiger partial charge in [0.1, 0.15) is 0 Å². The first-order chi connectivity index (χ1) is 11.7. The summed E-state index contributed by atoms with van der Waals surface area (Å²) in [5, 5.41) is 5.28. The molecule has 1 amide bonds. The molecule has 3 aromatic rings. The molecule has 6 nitrogen and oxygen atoms in total. The number of amides is 1. The number of para-hydroxylation sites is 1. The number of ether oxygens (including phenoxy) is 2. The highest BCUT2D eigenvalue weighted by Gasteiger charge is 2.16. The number of aromatic amines is 1. The second-order valence-electron chi connectivity index (χ2n) is 5.45. The number of carbonyl (C=O) groups is 1. The van der Waals surface area contributed by atoms with Gasteiger partial charge in [-0.25, -0.2) is 5.43 Å². The minimum absolute atomic E-state index is 0.179. The van der Waals surface area contributed by atoms with E-state index in [0.717, 1.165) is 22.2 Å². The number of carbonyl (C=O) groups excluding carboxylic acids is 1. The van der Waals surface area contributed by atoms with Gasteiger partial charge in [-0.1, -0.05) is 18.2 Å². The summed E-state index contributed by atoms with van der Waals surface area (Å²) in [5.41, 5.74) is 5.76. The summed E-state index contributed by atoms with van der Waals surface area (Å²) in [4.78, 5) is 15.5. The second-order valence-corrected chi connectivity index (χ2v) is 5.45. The summed E-state index contributed by atoms with van der Waals surface area (Å²) in [6.07, 6.45) is 1.89. The summed E-state index contributed by atoms with van der Waals surface area (Å²) in [6.45, 7) is 2.04. The second kappa shape index (κ2) is 5.73. The van der Waals surface area contributed by atoms with E-state index in [0.29, 0.717) is 17.1 Å². The van der Waals surface area contributed by atoms with Gasteiger partial charge in [0.15, 0.2) is 11.5 Å². The Labute approximate surface area is 138 Å². The Bertz CT molecular complexity index is 959. The molecule has 2 heterocycles. The number of fused-ring (bicyclic) bond motifs is 2. The van der Waals surface area contributed by atoms with E-state index in [9.17, 15) is 4.79 Å². The predicted molar refractivity (Wildman–Crippen MR) is 90.5 cm³/mol. The van der Waals surface area contributed by atoms with Crippen molar-refractivity contribution in [1.82, 2.24) is 10.4 Å². The van der Waals surface area contributed by atoms with Crippen molar-refractivity contribution in [3.05, 3.63) is 59.8 Å². The Morgan fingerprint density at radius 1 is 1.17 bits per heavy atom. The van der Waals surface area contributed by atoms with Crippen molar-refractivity contribution in [2.24, 2.45) is 5.10 Å². The molecule has 1 aliphatic rings. The van der Waals surface area contributed by atoms with Gasteiger partial charge in [0.05, 0.1) is 5.71 Å². The fourth-order valence-electron chi connectivity index (χ4n) is 2.67. The van der Waals surface area contributed by atoms with Gasteiger partial charge in [-0.15, -0.1) is 0 Å². The minimum Gasteiger partial charge on any atom is -0.454 e. The van der Waals surface area contributed by atoms with Crippen molar-refractivity contribution in [2.45, 2.75) is 6.92 Å². The molecule has 120 valence electrons. The number of nitrogens with zero attached hydrogens (tertiary/aromatic N) is 1. The lowest BCUT2D eigenvalue weighted by atomic mass is 10.1. The third-order valence-electron chi connectivity index (χ3n) is 3.94. The largest absolute Gasteiger partial charge is 0.454 e. The monoisotopic (exact) mass is 321 g/mol. The fraction of sp³-hybridized carbons (Fsp3) is 0.111. The molecule has 0 radical (unpaired) electrons. The smallest absolute Gasteiger partial charge is 0.271 e. The number of hydrogen-bond acceptors (Lipinski definition) is 4. The fourth-order valence-corrected chi connectivity index (χ4v) is 2.67. The van der Waals surface area contributed by atoms with Crippen molar-refractivity contribution in [3.63, 3.8) is 0 Å². The van der Waals surface area contributed by atoms with Gasteiger partial charge >= 0.3 is 0 Å². The number of aromatic nitrogens is 1. The first-order valence-corrected chi connectivity index (χ1v) is 7.53. The van der Waals surface area contributed by atoms with Crippen LogP contribution < -0.4 is 14.9 Å². The predicted octanol–water partition coefficient (Wildman–Crippen LogP) is 3.05. The zero-order chi connectivity index (χ0) is 16.5. The van der Waals surface area contributed by atoms with Gasteiger partial charge in [-0.2, -0.15) is 5.10 Å². The molecular formula is C18H15N3O3. The number of hydrazone groups is 1. The van der Waals surface area contributed by atoms with Crippen LogP contribution in [0.4, 0.5) is 0 Å². The molecular weight excluding hydrogens is 306 g/mol. The van der Waals surface area contributed by atoms with Crippen LogP contribution in [0.3, 0.4) is 0 Å². The SMILES string of the molecule is C/C(=N/NC(=O)c1ccc2c(c1)OCO2)c1c[nH]c2ccccc12. The normalized spacial score (nSPS) is 13.3. The highest BCUT2D eigenvalue weighted by molar-refractivity contribution is 6.10. The Morgan fingerprint density at radius 3 is 2.92 bits per heavy atom. The first kappa shape index (κ1) is 14.3. The number of rotatable bonds is 3. The van der Waals surface area contributed by atoms with Gasteiger partial charge in [-0.3, -0.25) is 4.79 Å². The van der Waals surface area contributed by atoms with E-state index in [1.165, 1.54) is 0 Å². The number of benzene rings is 2. The summed E-state index contributed by atoms with van der Waals surface area (Å²) in [6, 6.07) is 13.0. The number of H-pyrrole nitrogens is 1. The average Bonchev–Trinajstić information content (AvgIpc) is 3.25. The highest BCUT2D eigenvalue weighted by atomic mass is 16.7. The third-order valence-corrected chi connectivity index (χ3v) is 3.94. The van der Waals surface area contributed by atoms with Crippen LogP contribution in [0.25, 0.3) is 10.9 Å². The van der Waals surface area contributed by atoms with Gasteiger partial charge in [0.25, 0.3) is 5.91 Å². The van der Waals surface area contributed by atoms with Crippen molar-refractivity contribution in [1.29, 1.82) is 0 Å². The molecule has 0 fully saturated rings. The van der Waals surface area contributed by atoms with E-state index < -0.39 is 0 Å². The maximum Gasteiger partial charge on any atom is 0.271 e. The van der Waals surface area contributed by atoms with Gasteiger partial charge in [-0.05, 0) is 31.2 Å².